The summed E-state index contributed by atoms with van der Waals surface area (Å²) < 4.78 is 0. The summed E-state index contributed by atoms with van der Waals surface area (Å²) in [6, 6.07) is 2.47. The van der Waals surface area contributed by atoms with Gasteiger partial charge in [0.2, 0.25) is 0 Å². The molecule has 0 radical (unpaired) electrons. The number of aromatic nitrogens is 2. The van der Waals surface area contributed by atoms with Crippen molar-refractivity contribution >= 4 is 0 Å². The molecule has 0 spiro atoms. The van der Waals surface area contributed by atoms with Crippen molar-refractivity contribution in [3.63, 3.8) is 0 Å². The summed E-state index contributed by atoms with van der Waals surface area (Å²) in [7, 11) is 0. The summed E-state index contributed by atoms with van der Waals surface area (Å²) in [6.07, 6.45) is 6.09. The van der Waals surface area contributed by atoms with Crippen molar-refractivity contribution in [2.24, 2.45) is 11.7 Å². The molecule has 2 N–H and O–H groups in total. The molecule has 2 atom stereocenters. The number of nitrogens with zero attached hydrogens (tertiary/aromatic N) is 3. The van der Waals surface area contributed by atoms with Crippen LogP contribution in [0, 0.1) is 5.92 Å². The van der Waals surface area contributed by atoms with Crippen LogP contribution in [0.4, 0.5) is 0 Å². The second kappa shape index (κ2) is 5.37. The second-order valence-corrected chi connectivity index (χ2v) is 4.62. The fourth-order valence-electron chi connectivity index (χ4n) is 2.27. The Morgan fingerprint density at radius 2 is 2.12 bits per heavy atom. The van der Waals surface area contributed by atoms with Crippen molar-refractivity contribution in [2.45, 2.75) is 32.4 Å². The van der Waals surface area contributed by atoms with Gasteiger partial charge >= 0.3 is 0 Å². The molecule has 0 amide bonds. The first-order valence-electron chi connectivity index (χ1n) is 5.99. The van der Waals surface area contributed by atoms with Gasteiger partial charge in [-0.25, -0.2) is 9.97 Å². The zero-order valence-corrected chi connectivity index (χ0v) is 9.84. The van der Waals surface area contributed by atoms with E-state index in [9.17, 15) is 0 Å². The van der Waals surface area contributed by atoms with Gasteiger partial charge in [0.25, 0.3) is 0 Å². The maximum atomic E-state index is 5.75. The summed E-state index contributed by atoms with van der Waals surface area (Å²) in [5.41, 5.74) is 5.75. The maximum Gasteiger partial charge on any atom is 0.142 e. The highest BCUT2D eigenvalue weighted by molar-refractivity contribution is 4.90. The Balaban J connectivity index is 1.97. The van der Waals surface area contributed by atoms with E-state index in [1.54, 1.807) is 12.4 Å². The molecule has 2 unspecified atom stereocenters. The first-order chi connectivity index (χ1) is 7.79. The fraction of sp³-hybridized carbons (Fsp3) is 0.667. The van der Waals surface area contributed by atoms with Gasteiger partial charge in [-0.15, -0.1) is 0 Å². The lowest BCUT2D eigenvalue weighted by atomic mass is 9.93. The van der Waals surface area contributed by atoms with E-state index in [1.165, 1.54) is 12.8 Å². The lowest BCUT2D eigenvalue weighted by Crippen LogP contribution is -2.43. The number of hydrogen-bond donors (Lipinski definition) is 1. The summed E-state index contributed by atoms with van der Waals surface area (Å²) in [6.45, 7) is 4.99. The molecule has 4 heteroatoms. The number of hydrogen-bond acceptors (Lipinski definition) is 4. The third-order valence-corrected chi connectivity index (χ3v) is 3.41. The summed E-state index contributed by atoms with van der Waals surface area (Å²) in [5, 5.41) is 0. The van der Waals surface area contributed by atoms with Crippen molar-refractivity contribution in [3.05, 3.63) is 24.3 Å². The molecule has 0 aliphatic carbocycles. The van der Waals surface area contributed by atoms with Crippen molar-refractivity contribution in [2.75, 3.05) is 13.1 Å². The molecule has 16 heavy (non-hydrogen) atoms. The summed E-state index contributed by atoms with van der Waals surface area (Å²) >= 11 is 0. The van der Waals surface area contributed by atoms with E-state index in [1.807, 2.05) is 6.07 Å². The maximum absolute atomic E-state index is 5.75. The Labute approximate surface area is 96.9 Å². The Hall–Kier alpha value is -1.00. The predicted octanol–water partition coefficient (Wildman–Crippen LogP) is 1.04. The van der Waals surface area contributed by atoms with Crippen LogP contribution in [0.2, 0.25) is 0 Å². The lowest BCUT2D eigenvalue weighted by Gasteiger charge is -2.37. The molecule has 4 nitrogen and oxygen atoms in total. The smallest absolute Gasteiger partial charge is 0.142 e. The molecule has 2 heterocycles. The van der Waals surface area contributed by atoms with Gasteiger partial charge in [0.05, 0.1) is 6.54 Å². The van der Waals surface area contributed by atoms with Crippen LogP contribution in [0.3, 0.4) is 0 Å². The van der Waals surface area contributed by atoms with Gasteiger partial charge < -0.3 is 5.73 Å². The predicted molar refractivity (Wildman–Crippen MR) is 63.7 cm³/mol. The normalized spacial score (nSPS) is 26.9. The Kier molecular flexibility index (Phi) is 3.85. The van der Waals surface area contributed by atoms with Gasteiger partial charge in [-0.05, 0) is 38.3 Å². The highest BCUT2D eigenvalue weighted by Gasteiger charge is 2.24. The van der Waals surface area contributed by atoms with Gasteiger partial charge in [-0.3, -0.25) is 4.90 Å². The van der Waals surface area contributed by atoms with E-state index in [-0.39, 0.29) is 0 Å². The molecule has 0 bridgehead atoms. The fourth-order valence-corrected chi connectivity index (χ4v) is 2.27. The average Bonchev–Trinajstić information content (AvgIpc) is 2.33. The molecule has 0 aromatic carbocycles. The minimum absolute atomic E-state index is 0.617. The van der Waals surface area contributed by atoms with Crippen molar-refractivity contribution < 1.29 is 0 Å². The SMILES string of the molecule is CC1CCC(CN)CN1Cc1ncccn1. The lowest BCUT2D eigenvalue weighted by molar-refractivity contribution is 0.110. The molecule has 88 valence electrons. The third-order valence-electron chi connectivity index (χ3n) is 3.41. The van der Waals surface area contributed by atoms with Crippen LogP contribution < -0.4 is 5.73 Å². The molecule has 1 aromatic heterocycles. The highest BCUT2D eigenvalue weighted by Crippen LogP contribution is 2.22. The van der Waals surface area contributed by atoms with Crippen molar-refractivity contribution in [1.82, 2.24) is 14.9 Å². The van der Waals surface area contributed by atoms with Gasteiger partial charge in [-0.1, -0.05) is 0 Å². The van der Waals surface area contributed by atoms with E-state index in [4.69, 9.17) is 5.73 Å². The zero-order valence-electron chi connectivity index (χ0n) is 9.84. The average molecular weight is 220 g/mol. The van der Waals surface area contributed by atoms with Gasteiger partial charge in [0.15, 0.2) is 0 Å². The highest BCUT2D eigenvalue weighted by atomic mass is 15.2. The summed E-state index contributed by atoms with van der Waals surface area (Å²) in [4.78, 5) is 11.0. The first-order valence-corrected chi connectivity index (χ1v) is 5.99. The number of rotatable bonds is 3. The molecular formula is C12H20N4. The van der Waals surface area contributed by atoms with Crippen LogP contribution in [0.25, 0.3) is 0 Å². The molecule has 1 aliphatic rings. The van der Waals surface area contributed by atoms with Gasteiger partial charge in [0, 0.05) is 25.0 Å². The van der Waals surface area contributed by atoms with Crippen LogP contribution in [0.5, 0.6) is 0 Å². The van der Waals surface area contributed by atoms with Gasteiger partial charge in [0.1, 0.15) is 5.82 Å². The minimum Gasteiger partial charge on any atom is -0.330 e. The van der Waals surface area contributed by atoms with E-state index in [2.05, 4.69) is 21.8 Å². The van der Waals surface area contributed by atoms with Crippen LogP contribution >= 0.6 is 0 Å². The summed E-state index contributed by atoms with van der Waals surface area (Å²) in [5.74, 6) is 1.55. The zero-order chi connectivity index (χ0) is 11.4. The third kappa shape index (κ3) is 2.77. The van der Waals surface area contributed by atoms with E-state index < -0.39 is 0 Å². The largest absolute Gasteiger partial charge is 0.330 e. The van der Waals surface area contributed by atoms with Gasteiger partial charge in [-0.2, -0.15) is 0 Å². The Morgan fingerprint density at radius 3 is 2.81 bits per heavy atom. The monoisotopic (exact) mass is 220 g/mol. The molecular weight excluding hydrogens is 200 g/mol. The molecule has 1 aliphatic heterocycles. The number of likely N-dealkylation sites (tertiary alicyclic amines) is 1. The van der Waals surface area contributed by atoms with Crippen LogP contribution in [-0.2, 0) is 6.54 Å². The quantitative estimate of drug-likeness (QED) is 0.827. The van der Waals surface area contributed by atoms with Crippen LogP contribution in [0.15, 0.2) is 18.5 Å². The molecule has 0 saturated carbocycles. The number of nitrogens with two attached hydrogens (primary N) is 1. The molecule has 1 saturated heterocycles. The van der Waals surface area contributed by atoms with Crippen LogP contribution in [-0.4, -0.2) is 34.0 Å². The Morgan fingerprint density at radius 1 is 1.38 bits per heavy atom. The first kappa shape index (κ1) is 11.5. The van der Waals surface area contributed by atoms with Crippen molar-refractivity contribution in [3.8, 4) is 0 Å². The van der Waals surface area contributed by atoms with Crippen LogP contribution in [0.1, 0.15) is 25.6 Å². The van der Waals surface area contributed by atoms with E-state index in [0.717, 1.165) is 25.5 Å². The number of piperidine rings is 1. The molecule has 2 rings (SSSR count). The standard InChI is InChI=1S/C12H20N4/c1-10-3-4-11(7-13)8-16(10)9-12-14-5-2-6-15-12/h2,5-6,10-11H,3-4,7-9,13H2,1H3. The van der Waals surface area contributed by atoms with Crippen molar-refractivity contribution in [1.29, 1.82) is 0 Å². The van der Waals surface area contributed by atoms with E-state index >= 15 is 0 Å². The Bertz CT molecular complexity index is 314. The molecule has 1 fully saturated rings. The minimum atomic E-state index is 0.617. The van der Waals surface area contributed by atoms with E-state index in [0.29, 0.717) is 12.0 Å². The second-order valence-electron chi connectivity index (χ2n) is 4.62. The molecule has 1 aromatic rings. The topological polar surface area (TPSA) is 55.0 Å².